The molecule has 1 unspecified atom stereocenters. The predicted octanol–water partition coefficient (Wildman–Crippen LogP) is 0.781. The molecule has 0 radical (unpaired) electrons. The summed E-state index contributed by atoms with van der Waals surface area (Å²) in [4.78, 5) is 23.3. The van der Waals surface area contributed by atoms with Crippen LogP contribution < -0.4 is 0 Å². The van der Waals surface area contributed by atoms with E-state index in [1.165, 1.54) is 11.0 Å². The molecule has 0 aromatic carbocycles. The molecule has 4 rings (SSSR count). The molecule has 4 heterocycles. The minimum atomic E-state index is 0.0367. The lowest BCUT2D eigenvalue weighted by atomic mass is 9.97. The molecule has 130 valence electrons. The van der Waals surface area contributed by atoms with E-state index in [2.05, 4.69) is 30.1 Å². The molecule has 0 saturated carbocycles. The van der Waals surface area contributed by atoms with E-state index >= 15 is 0 Å². The average Bonchev–Trinajstić information content (AvgIpc) is 3.38. The van der Waals surface area contributed by atoms with Crippen molar-refractivity contribution in [2.45, 2.75) is 31.8 Å². The summed E-state index contributed by atoms with van der Waals surface area (Å²) in [5, 5.41) is 12.9. The van der Waals surface area contributed by atoms with Crippen molar-refractivity contribution >= 4 is 17.2 Å². The quantitative estimate of drug-likeness (QED) is 0.669. The molecule has 0 N–H and O–H groups in total. The highest BCUT2D eigenvalue weighted by Crippen LogP contribution is 2.26. The first-order valence-corrected chi connectivity index (χ1v) is 9.10. The Balaban J connectivity index is 1.44. The van der Waals surface area contributed by atoms with E-state index < -0.39 is 0 Å². The number of likely N-dealkylation sites (tertiary alicyclic amines) is 1. The van der Waals surface area contributed by atoms with E-state index in [0.29, 0.717) is 13.1 Å². The molecule has 0 spiro atoms. The number of rotatable bonds is 5. The van der Waals surface area contributed by atoms with Gasteiger partial charge < -0.3 is 9.47 Å². The van der Waals surface area contributed by atoms with Gasteiger partial charge in [0.2, 0.25) is 5.91 Å². The Bertz CT molecular complexity index is 813. The monoisotopic (exact) mass is 358 g/mol. The molecule has 3 aromatic heterocycles. The lowest BCUT2D eigenvalue weighted by Gasteiger charge is -2.32. The highest BCUT2D eigenvalue weighted by Gasteiger charge is 2.27. The van der Waals surface area contributed by atoms with Crippen LogP contribution in [0, 0.1) is 0 Å². The Morgan fingerprint density at radius 3 is 3.12 bits per heavy atom. The van der Waals surface area contributed by atoms with Crippen LogP contribution in [0.2, 0.25) is 0 Å². The van der Waals surface area contributed by atoms with Gasteiger partial charge in [-0.05, 0) is 23.3 Å². The van der Waals surface area contributed by atoms with Gasteiger partial charge in [-0.3, -0.25) is 4.79 Å². The molecule has 1 atom stereocenters. The average molecular weight is 358 g/mol. The minimum Gasteiger partial charge on any atom is -0.340 e. The van der Waals surface area contributed by atoms with E-state index in [-0.39, 0.29) is 18.4 Å². The number of piperidine rings is 1. The molecule has 10 heteroatoms. The van der Waals surface area contributed by atoms with Gasteiger partial charge in [-0.2, -0.15) is 0 Å². The van der Waals surface area contributed by atoms with E-state index in [0.717, 1.165) is 30.9 Å². The van der Waals surface area contributed by atoms with E-state index in [4.69, 9.17) is 0 Å². The maximum atomic E-state index is 12.5. The largest absolute Gasteiger partial charge is 0.340 e. The van der Waals surface area contributed by atoms with Crippen LogP contribution in [-0.2, 0) is 17.9 Å². The number of carbonyl (C=O) groups is 1. The third kappa shape index (κ3) is 3.58. The van der Waals surface area contributed by atoms with Crippen molar-refractivity contribution in [3.63, 3.8) is 0 Å². The highest BCUT2D eigenvalue weighted by atomic mass is 32.1. The third-order valence-corrected chi connectivity index (χ3v) is 5.03. The molecule has 25 heavy (non-hydrogen) atoms. The van der Waals surface area contributed by atoms with Gasteiger partial charge >= 0.3 is 0 Å². The van der Waals surface area contributed by atoms with Gasteiger partial charge in [-0.25, -0.2) is 14.6 Å². The fraction of sp³-hybridized carbons (Fsp3) is 0.467. The number of tetrazole rings is 1. The van der Waals surface area contributed by atoms with Gasteiger partial charge in [-0.15, -0.1) is 16.4 Å². The second kappa shape index (κ2) is 7.09. The number of hydrogen-bond acceptors (Lipinski definition) is 7. The lowest BCUT2D eigenvalue weighted by Crippen LogP contribution is -2.41. The molecule has 3 aromatic rings. The fourth-order valence-electron chi connectivity index (χ4n) is 3.21. The van der Waals surface area contributed by atoms with Crippen LogP contribution in [0.15, 0.2) is 29.6 Å². The summed E-state index contributed by atoms with van der Waals surface area (Å²) in [6, 6.07) is 0. The Labute approximate surface area is 148 Å². The number of hydrogen-bond donors (Lipinski definition) is 0. The van der Waals surface area contributed by atoms with Gasteiger partial charge in [0.1, 0.15) is 18.7 Å². The van der Waals surface area contributed by atoms with E-state index in [1.807, 2.05) is 28.2 Å². The molecular formula is C15H18N8OS. The summed E-state index contributed by atoms with van der Waals surface area (Å²) in [6.45, 7) is 2.33. The number of carbonyl (C=O) groups excluding carboxylic acids is 1. The summed E-state index contributed by atoms with van der Waals surface area (Å²) >= 11 is 1.59. The van der Waals surface area contributed by atoms with Crippen LogP contribution in [0.25, 0.3) is 0 Å². The smallest absolute Gasteiger partial charge is 0.244 e. The second-order valence-corrected chi connectivity index (χ2v) is 6.80. The van der Waals surface area contributed by atoms with Crippen molar-refractivity contribution in [3.8, 4) is 0 Å². The minimum absolute atomic E-state index is 0.0367. The van der Waals surface area contributed by atoms with Gasteiger partial charge in [-0.1, -0.05) is 0 Å². The Kier molecular flexibility index (Phi) is 4.51. The van der Waals surface area contributed by atoms with Crippen molar-refractivity contribution in [3.05, 3.63) is 41.1 Å². The van der Waals surface area contributed by atoms with Crippen LogP contribution in [0.5, 0.6) is 0 Å². The van der Waals surface area contributed by atoms with Gasteiger partial charge in [0.25, 0.3) is 0 Å². The summed E-state index contributed by atoms with van der Waals surface area (Å²) < 4.78 is 3.59. The summed E-state index contributed by atoms with van der Waals surface area (Å²) in [6.07, 6.45) is 7.26. The predicted molar refractivity (Wildman–Crippen MR) is 89.8 cm³/mol. The Morgan fingerprint density at radius 2 is 2.32 bits per heavy atom. The van der Waals surface area contributed by atoms with Gasteiger partial charge in [0, 0.05) is 36.8 Å². The molecule has 1 amide bonds. The Hall–Kier alpha value is -2.62. The van der Waals surface area contributed by atoms with Crippen molar-refractivity contribution in [1.29, 1.82) is 0 Å². The maximum absolute atomic E-state index is 12.5. The van der Waals surface area contributed by atoms with Gasteiger partial charge in [0.15, 0.2) is 0 Å². The van der Waals surface area contributed by atoms with Crippen molar-refractivity contribution in [1.82, 2.24) is 39.6 Å². The SMILES string of the molecule is O=C(Cn1cnnn1)N1CCCC(c2nccn2Cc2cscn2)C1. The number of imidazole rings is 1. The molecule has 0 aliphatic carbocycles. The highest BCUT2D eigenvalue weighted by molar-refractivity contribution is 7.07. The molecule has 9 nitrogen and oxygen atoms in total. The number of thiazole rings is 1. The van der Waals surface area contributed by atoms with Crippen LogP contribution >= 0.6 is 11.3 Å². The first-order chi connectivity index (χ1) is 12.3. The number of aromatic nitrogens is 7. The zero-order valence-corrected chi connectivity index (χ0v) is 14.4. The first-order valence-electron chi connectivity index (χ1n) is 8.16. The van der Waals surface area contributed by atoms with E-state index in [1.54, 1.807) is 11.3 Å². The molecule has 1 aliphatic rings. The van der Waals surface area contributed by atoms with Crippen LogP contribution in [0.3, 0.4) is 0 Å². The summed E-state index contributed by atoms with van der Waals surface area (Å²) in [5.74, 6) is 1.29. The zero-order valence-electron chi connectivity index (χ0n) is 13.6. The zero-order chi connectivity index (χ0) is 17.1. The lowest BCUT2D eigenvalue weighted by molar-refractivity contribution is -0.133. The first kappa shape index (κ1) is 15.9. The molecule has 1 aliphatic heterocycles. The molecule has 1 fully saturated rings. The van der Waals surface area contributed by atoms with Crippen LogP contribution in [-0.4, -0.2) is 58.6 Å². The van der Waals surface area contributed by atoms with Crippen molar-refractivity contribution in [2.24, 2.45) is 0 Å². The fourth-order valence-corrected chi connectivity index (χ4v) is 3.76. The van der Waals surface area contributed by atoms with Crippen LogP contribution in [0.4, 0.5) is 0 Å². The van der Waals surface area contributed by atoms with Crippen molar-refractivity contribution in [2.75, 3.05) is 13.1 Å². The van der Waals surface area contributed by atoms with E-state index in [9.17, 15) is 4.79 Å². The van der Waals surface area contributed by atoms with Crippen molar-refractivity contribution < 1.29 is 4.79 Å². The topological polar surface area (TPSA) is 94.6 Å². The maximum Gasteiger partial charge on any atom is 0.244 e. The molecule has 0 bridgehead atoms. The standard InChI is InChI=1S/C15H18N8OS/c24-14(8-23-10-18-19-20-23)21-4-1-2-12(6-21)15-16-3-5-22(15)7-13-9-25-11-17-13/h3,5,9-12H,1-2,4,6-8H2. The number of nitrogens with zero attached hydrogens (tertiary/aromatic N) is 8. The van der Waals surface area contributed by atoms with Gasteiger partial charge in [0.05, 0.1) is 17.7 Å². The third-order valence-electron chi connectivity index (χ3n) is 4.39. The molecule has 1 saturated heterocycles. The Morgan fingerprint density at radius 1 is 1.36 bits per heavy atom. The number of amides is 1. The van der Waals surface area contributed by atoms with Crippen LogP contribution in [0.1, 0.15) is 30.3 Å². The normalized spacial score (nSPS) is 17.8. The molecular weight excluding hydrogens is 340 g/mol. The summed E-state index contributed by atoms with van der Waals surface area (Å²) in [7, 11) is 0. The second-order valence-electron chi connectivity index (χ2n) is 6.08. The summed E-state index contributed by atoms with van der Waals surface area (Å²) in [5.41, 5.74) is 2.87.